The summed E-state index contributed by atoms with van der Waals surface area (Å²) in [6.45, 7) is 1.77. The summed E-state index contributed by atoms with van der Waals surface area (Å²) in [6, 6.07) is 7.38. The van der Waals surface area contributed by atoms with Gasteiger partial charge in [0.15, 0.2) is 5.79 Å². The Balaban J connectivity index is 1.65. The lowest BCUT2D eigenvalue weighted by Crippen LogP contribution is -2.56. The molecule has 0 aromatic heterocycles. The SMILES string of the molecule is CN(C)CC1CCC(CNC2=NC(N)(Cc3ccccc3Cl)NC=C2[N+](=O)[O-])CC1. The number of hydrogen-bond donors (Lipinski definition) is 3. The van der Waals surface area contributed by atoms with Gasteiger partial charge >= 0.3 is 5.70 Å². The third kappa shape index (κ3) is 5.93. The zero-order valence-corrected chi connectivity index (χ0v) is 18.4. The molecule has 3 rings (SSSR count). The number of amidine groups is 1. The lowest BCUT2D eigenvalue weighted by molar-refractivity contribution is -0.416. The summed E-state index contributed by atoms with van der Waals surface area (Å²) in [5.74, 6) is 0.235. The van der Waals surface area contributed by atoms with Crippen molar-refractivity contribution in [3.8, 4) is 0 Å². The number of rotatable bonds is 7. The predicted octanol–water partition coefficient (Wildman–Crippen LogP) is 2.57. The number of aliphatic imine (C=N–C) groups is 1. The lowest BCUT2D eigenvalue weighted by Gasteiger charge is -2.32. The van der Waals surface area contributed by atoms with Crippen molar-refractivity contribution in [2.24, 2.45) is 22.6 Å². The molecule has 1 aliphatic carbocycles. The van der Waals surface area contributed by atoms with Crippen LogP contribution in [0.1, 0.15) is 31.2 Å². The standard InChI is InChI=1S/C21H31ClN6O2/c1-27(2)14-16-9-7-15(8-10-16)12-24-20-19(28(29)30)13-25-21(23,26-20)11-17-5-3-4-6-18(17)22/h3-6,13,15-16,25H,7-12,14,23H2,1-2H3,(H,24,26). The molecular formula is C21H31ClN6O2. The van der Waals surface area contributed by atoms with Gasteiger partial charge in [-0.3, -0.25) is 15.8 Å². The Morgan fingerprint density at radius 1 is 1.30 bits per heavy atom. The van der Waals surface area contributed by atoms with Gasteiger partial charge < -0.3 is 15.5 Å². The average Bonchev–Trinajstić information content (AvgIpc) is 2.68. The van der Waals surface area contributed by atoms with E-state index in [1.165, 1.54) is 19.0 Å². The quantitative estimate of drug-likeness (QED) is 0.449. The molecule has 0 amide bonds. The second-order valence-corrected chi connectivity index (χ2v) is 9.02. The maximum absolute atomic E-state index is 11.5. The number of nitrogens with one attached hydrogen (secondary N) is 2. The van der Waals surface area contributed by atoms with Crippen molar-refractivity contribution in [1.29, 1.82) is 0 Å². The number of benzene rings is 1. The summed E-state index contributed by atoms with van der Waals surface area (Å²) in [7, 11) is 4.21. The van der Waals surface area contributed by atoms with E-state index in [9.17, 15) is 10.1 Å². The summed E-state index contributed by atoms with van der Waals surface area (Å²) in [6.07, 6.45) is 6.24. The highest BCUT2D eigenvalue weighted by Crippen LogP contribution is 2.29. The van der Waals surface area contributed by atoms with Crippen LogP contribution in [0.25, 0.3) is 0 Å². The number of halogens is 1. The third-order valence-corrected chi connectivity index (χ3v) is 6.14. The monoisotopic (exact) mass is 434 g/mol. The van der Waals surface area contributed by atoms with E-state index in [2.05, 4.69) is 34.6 Å². The lowest BCUT2D eigenvalue weighted by atomic mass is 9.82. The van der Waals surface area contributed by atoms with E-state index >= 15 is 0 Å². The first-order valence-corrected chi connectivity index (χ1v) is 10.8. The summed E-state index contributed by atoms with van der Waals surface area (Å²) >= 11 is 6.25. The fourth-order valence-electron chi connectivity index (χ4n) is 4.22. The van der Waals surface area contributed by atoms with Gasteiger partial charge in [0.2, 0.25) is 5.84 Å². The van der Waals surface area contributed by atoms with E-state index < -0.39 is 10.7 Å². The summed E-state index contributed by atoms with van der Waals surface area (Å²) in [4.78, 5) is 17.8. The second-order valence-electron chi connectivity index (χ2n) is 8.61. The Kier molecular flexibility index (Phi) is 7.33. The van der Waals surface area contributed by atoms with Crippen LogP contribution >= 0.6 is 11.6 Å². The molecule has 0 saturated heterocycles. The summed E-state index contributed by atoms with van der Waals surface area (Å²) in [5.41, 5.74) is 7.14. The average molecular weight is 435 g/mol. The Labute approximate surface area is 182 Å². The van der Waals surface area contributed by atoms with Crippen molar-refractivity contribution in [1.82, 2.24) is 15.5 Å². The van der Waals surface area contributed by atoms with E-state index in [1.807, 2.05) is 18.2 Å². The largest absolute Gasteiger partial charge is 0.364 e. The molecular weight excluding hydrogens is 404 g/mol. The van der Waals surface area contributed by atoms with Crippen LogP contribution in [0.4, 0.5) is 0 Å². The fraction of sp³-hybridized carbons (Fsp3) is 0.571. The van der Waals surface area contributed by atoms with Gasteiger partial charge in [0.25, 0.3) is 0 Å². The van der Waals surface area contributed by atoms with Gasteiger partial charge in [0.1, 0.15) is 0 Å². The highest BCUT2D eigenvalue weighted by molar-refractivity contribution is 6.31. The van der Waals surface area contributed by atoms with Gasteiger partial charge in [-0.2, -0.15) is 0 Å². The first kappa shape index (κ1) is 22.5. The zero-order chi connectivity index (χ0) is 21.7. The highest BCUT2D eigenvalue weighted by atomic mass is 35.5. The zero-order valence-electron chi connectivity index (χ0n) is 17.6. The molecule has 1 aliphatic heterocycles. The second kappa shape index (κ2) is 9.76. The van der Waals surface area contributed by atoms with E-state index in [4.69, 9.17) is 17.3 Å². The van der Waals surface area contributed by atoms with Gasteiger partial charge in [-0.05, 0) is 63.2 Å². The van der Waals surface area contributed by atoms with E-state index in [-0.39, 0.29) is 11.5 Å². The smallest absolute Gasteiger partial charge is 0.326 e. The molecule has 1 saturated carbocycles. The van der Waals surface area contributed by atoms with Crippen molar-refractivity contribution in [3.63, 3.8) is 0 Å². The van der Waals surface area contributed by atoms with E-state index in [1.54, 1.807) is 6.07 Å². The molecule has 0 radical (unpaired) electrons. The predicted molar refractivity (Wildman–Crippen MR) is 120 cm³/mol. The Morgan fingerprint density at radius 3 is 2.60 bits per heavy atom. The van der Waals surface area contributed by atoms with Gasteiger partial charge in [-0.25, -0.2) is 4.99 Å². The Hall–Kier alpha value is -2.16. The van der Waals surface area contributed by atoms with Crippen molar-refractivity contribution in [2.45, 2.75) is 37.9 Å². The van der Waals surface area contributed by atoms with E-state index in [0.29, 0.717) is 23.9 Å². The van der Waals surface area contributed by atoms with Crippen LogP contribution in [-0.4, -0.2) is 48.6 Å². The van der Waals surface area contributed by atoms with E-state index in [0.717, 1.165) is 30.9 Å². The molecule has 1 aromatic carbocycles. The van der Waals surface area contributed by atoms with Crippen molar-refractivity contribution in [3.05, 3.63) is 56.9 Å². The third-order valence-electron chi connectivity index (χ3n) is 5.78. The van der Waals surface area contributed by atoms with Crippen molar-refractivity contribution in [2.75, 3.05) is 27.2 Å². The molecule has 0 bridgehead atoms. The number of nitro groups is 1. The van der Waals surface area contributed by atoms with Crippen LogP contribution in [0.15, 0.2) is 41.2 Å². The molecule has 4 N–H and O–H groups in total. The molecule has 1 atom stereocenters. The van der Waals surface area contributed by atoms with Gasteiger partial charge in [0, 0.05) is 24.5 Å². The van der Waals surface area contributed by atoms with Crippen LogP contribution in [0, 0.1) is 22.0 Å². The van der Waals surface area contributed by atoms with Gasteiger partial charge in [0.05, 0.1) is 11.1 Å². The first-order valence-electron chi connectivity index (χ1n) is 10.4. The van der Waals surface area contributed by atoms with Gasteiger partial charge in [-0.1, -0.05) is 29.8 Å². The summed E-state index contributed by atoms with van der Waals surface area (Å²) in [5, 5.41) is 18.2. The van der Waals surface area contributed by atoms with Crippen LogP contribution in [0.5, 0.6) is 0 Å². The molecule has 1 aromatic rings. The molecule has 8 nitrogen and oxygen atoms in total. The topological polar surface area (TPSA) is 109 Å². The minimum Gasteiger partial charge on any atom is -0.364 e. The minimum atomic E-state index is -1.20. The normalized spacial score (nSPS) is 26.6. The highest BCUT2D eigenvalue weighted by Gasteiger charge is 2.34. The molecule has 0 spiro atoms. The first-order chi connectivity index (χ1) is 14.3. The van der Waals surface area contributed by atoms with Crippen LogP contribution in [-0.2, 0) is 6.42 Å². The maximum atomic E-state index is 11.5. The van der Waals surface area contributed by atoms with Crippen LogP contribution < -0.4 is 16.4 Å². The van der Waals surface area contributed by atoms with Crippen LogP contribution in [0.2, 0.25) is 5.02 Å². The minimum absolute atomic E-state index is 0.100. The molecule has 1 unspecified atom stereocenters. The molecule has 1 fully saturated rings. The van der Waals surface area contributed by atoms with Crippen molar-refractivity contribution >= 4 is 17.4 Å². The van der Waals surface area contributed by atoms with Crippen LogP contribution in [0.3, 0.4) is 0 Å². The maximum Gasteiger partial charge on any atom is 0.326 e. The number of hydrogen-bond acceptors (Lipinski definition) is 7. The fourth-order valence-corrected chi connectivity index (χ4v) is 4.42. The molecule has 9 heteroatoms. The van der Waals surface area contributed by atoms with Crippen molar-refractivity contribution < 1.29 is 4.92 Å². The summed E-state index contributed by atoms with van der Waals surface area (Å²) < 4.78 is 0. The van der Waals surface area contributed by atoms with Gasteiger partial charge in [-0.15, -0.1) is 0 Å². The molecule has 2 aliphatic rings. The number of nitrogens with two attached hydrogens (primary N) is 1. The Morgan fingerprint density at radius 2 is 1.97 bits per heavy atom. The molecule has 30 heavy (non-hydrogen) atoms. The Bertz CT molecular complexity index is 819. The molecule has 1 heterocycles. The number of nitrogens with zero attached hydrogens (tertiary/aromatic N) is 3. The molecule has 164 valence electrons.